The van der Waals surface area contributed by atoms with Crippen molar-refractivity contribution < 1.29 is 37.3 Å². The Balaban J connectivity index is 1.81. The highest BCUT2D eigenvalue weighted by Crippen LogP contribution is 2.33. The molecule has 1 amide bonds. The Labute approximate surface area is 212 Å². The summed E-state index contributed by atoms with van der Waals surface area (Å²) in [5, 5.41) is 9.29. The molecule has 0 aliphatic rings. The summed E-state index contributed by atoms with van der Waals surface area (Å²) in [7, 11) is 3.08. The third kappa shape index (κ3) is 6.91. The zero-order chi connectivity index (χ0) is 27.2. The van der Waals surface area contributed by atoms with Crippen LogP contribution in [-0.4, -0.2) is 42.6 Å². The number of carbonyl (C=O) groups excluding carboxylic acids is 1. The van der Waals surface area contributed by atoms with Crippen LogP contribution in [0.2, 0.25) is 0 Å². The Morgan fingerprint density at radius 1 is 1.03 bits per heavy atom. The number of carboxylic acid groups (broad SMARTS) is 1. The number of hydrogen-bond donors (Lipinski definition) is 1. The molecule has 0 bridgehead atoms. The summed E-state index contributed by atoms with van der Waals surface area (Å²) in [6, 6.07) is 16.8. The van der Waals surface area contributed by atoms with E-state index in [4.69, 9.17) is 9.47 Å². The highest BCUT2D eigenvalue weighted by molar-refractivity contribution is 5.94. The number of aliphatic carboxylic acids is 1. The molecule has 194 valence electrons. The van der Waals surface area contributed by atoms with E-state index in [9.17, 15) is 27.9 Å². The number of amides is 1. The van der Waals surface area contributed by atoms with Gasteiger partial charge in [-0.15, -0.1) is 0 Å². The molecular formula is C28H26F3NO5. The van der Waals surface area contributed by atoms with Gasteiger partial charge in [0.25, 0.3) is 5.91 Å². The van der Waals surface area contributed by atoms with Crippen LogP contribution in [0.1, 0.15) is 34.0 Å². The summed E-state index contributed by atoms with van der Waals surface area (Å²) in [6.07, 6.45) is -3.05. The summed E-state index contributed by atoms with van der Waals surface area (Å²) < 4.78 is 49.1. The first-order chi connectivity index (χ1) is 17.5. The van der Waals surface area contributed by atoms with Gasteiger partial charge in [-0.1, -0.05) is 30.3 Å². The Kier molecular flexibility index (Phi) is 8.60. The molecule has 3 rings (SSSR count). The molecule has 0 saturated heterocycles. The highest BCUT2D eigenvalue weighted by atomic mass is 19.4. The molecular weight excluding hydrogens is 487 g/mol. The molecule has 3 aromatic carbocycles. The lowest BCUT2D eigenvalue weighted by Gasteiger charge is -2.19. The quantitative estimate of drug-likeness (QED) is 0.276. The summed E-state index contributed by atoms with van der Waals surface area (Å²) >= 11 is 0. The highest BCUT2D eigenvalue weighted by Gasteiger charge is 2.30. The summed E-state index contributed by atoms with van der Waals surface area (Å²) in [4.78, 5) is 25.5. The molecule has 3 aromatic rings. The monoisotopic (exact) mass is 513 g/mol. The lowest BCUT2D eigenvalue weighted by atomic mass is 10.00. The van der Waals surface area contributed by atoms with Crippen molar-refractivity contribution in [1.29, 1.82) is 0 Å². The number of benzene rings is 3. The van der Waals surface area contributed by atoms with Gasteiger partial charge in [-0.05, 0) is 66.1 Å². The molecule has 0 spiro atoms. The predicted molar refractivity (Wildman–Crippen MR) is 133 cm³/mol. The fourth-order valence-electron chi connectivity index (χ4n) is 3.71. The van der Waals surface area contributed by atoms with Gasteiger partial charge in [0.1, 0.15) is 5.75 Å². The van der Waals surface area contributed by atoms with Crippen LogP contribution in [0.25, 0.3) is 17.2 Å². The molecule has 0 radical (unpaired) electrons. The maximum Gasteiger partial charge on any atom is 0.416 e. The molecule has 0 unspecified atom stereocenters. The number of carbonyl (C=O) groups is 2. The third-order valence-electron chi connectivity index (χ3n) is 5.50. The largest absolute Gasteiger partial charge is 0.496 e. The molecule has 0 atom stereocenters. The molecule has 0 saturated carbocycles. The van der Waals surface area contributed by atoms with Crippen molar-refractivity contribution in [3.63, 3.8) is 0 Å². The molecule has 0 heterocycles. The minimum atomic E-state index is -4.47. The maximum atomic E-state index is 12.8. The van der Waals surface area contributed by atoms with Crippen molar-refractivity contribution >= 4 is 18.0 Å². The Morgan fingerprint density at radius 3 is 2.32 bits per heavy atom. The Morgan fingerprint density at radius 2 is 1.73 bits per heavy atom. The average molecular weight is 514 g/mol. The lowest BCUT2D eigenvalue weighted by molar-refractivity contribution is -0.138. The van der Waals surface area contributed by atoms with Gasteiger partial charge in [0.15, 0.2) is 0 Å². The van der Waals surface area contributed by atoms with Gasteiger partial charge in [-0.2, -0.15) is 13.2 Å². The van der Waals surface area contributed by atoms with Gasteiger partial charge in [0, 0.05) is 24.7 Å². The Bertz CT molecular complexity index is 1300. The van der Waals surface area contributed by atoms with Crippen molar-refractivity contribution in [3.05, 3.63) is 94.7 Å². The first-order valence-electron chi connectivity index (χ1n) is 11.3. The lowest BCUT2D eigenvalue weighted by Crippen LogP contribution is -2.26. The standard InChI is InChI=1S/C28H26F3NO5/c1-4-37-25(27(34)35)16-18-8-13-23(24(15-18)36-3)21-7-5-6-19(14-21)17-32(2)26(33)20-9-11-22(12-10-20)28(29,30)31/h5-16H,4,17H2,1-3H3,(H,34,35)/b25-16+. The smallest absolute Gasteiger partial charge is 0.416 e. The van der Waals surface area contributed by atoms with E-state index in [0.717, 1.165) is 28.8 Å². The number of rotatable bonds is 9. The minimum Gasteiger partial charge on any atom is -0.496 e. The molecule has 6 nitrogen and oxygen atoms in total. The van der Waals surface area contributed by atoms with Gasteiger partial charge in [-0.3, -0.25) is 4.79 Å². The van der Waals surface area contributed by atoms with Crippen LogP contribution in [0, 0.1) is 0 Å². The first-order valence-corrected chi connectivity index (χ1v) is 11.3. The van der Waals surface area contributed by atoms with E-state index < -0.39 is 23.6 Å². The first kappa shape index (κ1) is 27.3. The number of carboxylic acids is 1. The van der Waals surface area contributed by atoms with Gasteiger partial charge >= 0.3 is 12.1 Å². The second kappa shape index (κ2) is 11.6. The number of methoxy groups -OCH3 is 1. The SMILES string of the molecule is CCO/C(=C/c1ccc(-c2cccc(CN(C)C(=O)c3ccc(C(F)(F)F)cc3)c2)c(OC)c1)C(=O)O. The van der Waals surface area contributed by atoms with Crippen LogP contribution in [0.3, 0.4) is 0 Å². The molecule has 37 heavy (non-hydrogen) atoms. The van der Waals surface area contributed by atoms with E-state index in [-0.39, 0.29) is 24.5 Å². The van der Waals surface area contributed by atoms with Gasteiger partial charge in [0.05, 0.1) is 19.3 Å². The molecule has 0 aliphatic carbocycles. The molecule has 9 heteroatoms. The second-order valence-corrected chi connectivity index (χ2v) is 8.14. The van der Waals surface area contributed by atoms with E-state index in [1.165, 1.54) is 30.2 Å². The zero-order valence-electron chi connectivity index (χ0n) is 20.5. The summed E-state index contributed by atoms with van der Waals surface area (Å²) in [6.45, 7) is 2.14. The Hall–Kier alpha value is -4.27. The molecule has 0 aliphatic heterocycles. The fraction of sp³-hybridized carbons (Fsp3) is 0.214. The van der Waals surface area contributed by atoms with Gasteiger partial charge in [-0.25, -0.2) is 4.79 Å². The number of halogens is 3. The van der Waals surface area contributed by atoms with Crippen molar-refractivity contribution in [2.75, 3.05) is 20.8 Å². The molecule has 1 N–H and O–H groups in total. The van der Waals surface area contributed by atoms with Crippen molar-refractivity contribution in [1.82, 2.24) is 4.90 Å². The van der Waals surface area contributed by atoms with Crippen LogP contribution < -0.4 is 4.74 Å². The number of hydrogen-bond acceptors (Lipinski definition) is 4. The normalized spacial score (nSPS) is 11.7. The number of ether oxygens (including phenoxy) is 2. The second-order valence-electron chi connectivity index (χ2n) is 8.14. The van der Waals surface area contributed by atoms with Crippen LogP contribution in [0.4, 0.5) is 13.2 Å². The molecule has 0 fully saturated rings. The fourth-order valence-corrected chi connectivity index (χ4v) is 3.71. The molecule has 0 aromatic heterocycles. The topological polar surface area (TPSA) is 76.1 Å². The third-order valence-corrected chi connectivity index (χ3v) is 5.50. The number of nitrogens with zero attached hydrogens (tertiary/aromatic N) is 1. The van der Waals surface area contributed by atoms with E-state index in [1.807, 2.05) is 24.3 Å². The average Bonchev–Trinajstić information content (AvgIpc) is 2.87. The van der Waals surface area contributed by atoms with E-state index in [0.29, 0.717) is 11.3 Å². The van der Waals surface area contributed by atoms with Crippen LogP contribution >= 0.6 is 0 Å². The van der Waals surface area contributed by atoms with Crippen molar-refractivity contribution in [2.45, 2.75) is 19.6 Å². The minimum absolute atomic E-state index is 0.157. The number of alkyl halides is 3. The van der Waals surface area contributed by atoms with E-state index in [1.54, 1.807) is 32.2 Å². The van der Waals surface area contributed by atoms with E-state index in [2.05, 4.69) is 0 Å². The van der Waals surface area contributed by atoms with Crippen molar-refractivity contribution in [3.8, 4) is 16.9 Å². The van der Waals surface area contributed by atoms with Crippen molar-refractivity contribution in [2.24, 2.45) is 0 Å². The van der Waals surface area contributed by atoms with Gasteiger partial charge in [0.2, 0.25) is 5.76 Å². The summed E-state index contributed by atoms with van der Waals surface area (Å²) in [5.74, 6) is -1.25. The predicted octanol–water partition coefficient (Wildman–Crippen LogP) is 6.12. The maximum absolute atomic E-state index is 12.8. The van der Waals surface area contributed by atoms with Gasteiger partial charge < -0.3 is 19.5 Å². The summed E-state index contributed by atoms with van der Waals surface area (Å²) in [5.41, 5.74) is 2.30. The van der Waals surface area contributed by atoms with Crippen LogP contribution in [0.15, 0.2) is 72.5 Å². The zero-order valence-corrected chi connectivity index (χ0v) is 20.5. The van der Waals surface area contributed by atoms with Crippen LogP contribution in [-0.2, 0) is 22.3 Å². The van der Waals surface area contributed by atoms with Crippen LogP contribution in [0.5, 0.6) is 5.75 Å². The van der Waals surface area contributed by atoms with E-state index >= 15 is 0 Å².